The Bertz CT molecular complexity index is 798. The molecule has 0 aliphatic carbocycles. The van der Waals surface area contributed by atoms with E-state index in [4.69, 9.17) is 10.5 Å². The Balaban J connectivity index is 1.76. The minimum atomic E-state index is -0.249. The van der Waals surface area contributed by atoms with Crippen molar-refractivity contribution in [3.8, 4) is 0 Å². The van der Waals surface area contributed by atoms with Gasteiger partial charge >= 0.3 is 0 Å². The highest BCUT2D eigenvalue weighted by molar-refractivity contribution is 6.06. The monoisotopic (exact) mass is 339 g/mol. The van der Waals surface area contributed by atoms with Crippen molar-refractivity contribution in [2.45, 2.75) is 6.92 Å². The molecule has 2 amide bonds. The zero-order valence-electron chi connectivity index (χ0n) is 14.1. The van der Waals surface area contributed by atoms with Crippen molar-refractivity contribution in [1.29, 1.82) is 0 Å². The Morgan fingerprint density at radius 1 is 1.12 bits per heavy atom. The van der Waals surface area contributed by atoms with Crippen LogP contribution in [0.1, 0.15) is 26.3 Å². The van der Waals surface area contributed by atoms with E-state index in [0.717, 1.165) is 5.56 Å². The number of benzene rings is 2. The van der Waals surface area contributed by atoms with E-state index in [2.05, 4.69) is 5.32 Å². The highest BCUT2D eigenvalue weighted by Gasteiger charge is 2.19. The van der Waals surface area contributed by atoms with Crippen LogP contribution in [0.5, 0.6) is 0 Å². The molecule has 1 aliphatic heterocycles. The first-order chi connectivity index (χ1) is 12.0. The standard InChI is InChI=1S/C19H21N3O3/c1-13-5-6-15(20)12-17(13)18(23)21-16-4-2-3-14(11-16)19(24)22-7-9-25-10-8-22/h2-6,11-12H,7-10,20H2,1H3,(H,21,23). The third kappa shape index (κ3) is 3.97. The second-order valence-electron chi connectivity index (χ2n) is 6.01. The maximum Gasteiger partial charge on any atom is 0.256 e. The summed E-state index contributed by atoms with van der Waals surface area (Å²) in [5, 5.41) is 2.83. The summed E-state index contributed by atoms with van der Waals surface area (Å²) in [4.78, 5) is 26.8. The molecule has 6 nitrogen and oxygen atoms in total. The minimum Gasteiger partial charge on any atom is -0.399 e. The number of rotatable bonds is 3. The second-order valence-corrected chi connectivity index (χ2v) is 6.01. The molecule has 1 saturated heterocycles. The Morgan fingerprint density at radius 2 is 1.88 bits per heavy atom. The number of carbonyl (C=O) groups excluding carboxylic acids is 2. The molecule has 2 aromatic rings. The van der Waals surface area contributed by atoms with Gasteiger partial charge in [0.2, 0.25) is 0 Å². The summed E-state index contributed by atoms with van der Waals surface area (Å²) in [6, 6.07) is 12.2. The van der Waals surface area contributed by atoms with Crippen LogP contribution >= 0.6 is 0 Å². The summed E-state index contributed by atoms with van der Waals surface area (Å²) in [5.74, 6) is -0.305. The number of aryl methyl sites for hydroxylation is 1. The van der Waals surface area contributed by atoms with E-state index in [1.54, 1.807) is 41.3 Å². The lowest BCUT2D eigenvalue weighted by molar-refractivity contribution is 0.0303. The molecule has 6 heteroatoms. The van der Waals surface area contributed by atoms with E-state index >= 15 is 0 Å². The predicted molar refractivity (Wildman–Crippen MR) is 96.7 cm³/mol. The van der Waals surface area contributed by atoms with Crippen LogP contribution in [0.4, 0.5) is 11.4 Å². The minimum absolute atomic E-state index is 0.0560. The first-order valence-corrected chi connectivity index (χ1v) is 8.19. The van der Waals surface area contributed by atoms with Crippen LogP contribution in [-0.2, 0) is 4.74 Å². The van der Waals surface area contributed by atoms with Crippen LogP contribution in [0.2, 0.25) is 0 Å². The number of hydrogen-bond acceptors (Lipinski definition) is 4. The quantitative estimate of drug-likeness (QED) is 0.841. The van der Waals surface area contributed by atoms with Gasteiger partial charge in [0.15, 0.2) is 0 Å². The number of nitrogens with two attached hydrogens (primary N) is 1. The van der Waals surface area contributed by atoms with Gasteiger partial charge in [-0.05, 0) is 42.8 Å². The third-order valence-corrected chi connectivity index (χ3v) is 4.17. The molecule has 0 saturated carbocycles. The van der Waals surface area contributed by atoms with Gasteiger partial charge in [-0.1, -0.05) is 12.1 Å². The number of carbonyl (C=O) groups is 2. The Kier molecular flexibility index (Phi) is 5.00. The van der Waals surface area contributed by atoms with Gasteiger partial charge in [0.25, 0.3) is 11.8 Å². The normalized spacial score (nSPS) is 14.2. The molecule has 1 heterocycles. The maximum atomic E-state index is 12.5. The number of hydrogen-bond donors (Lipinski definition) is 2. The average molecular weight is 339 g/mol. The number of nitrogens with one attached hydrogen (secondary N) is 1. The molecular weight excluding hydrogens is 318 g/mol. The van der Waals surface area contributed by atoms with E-state index in [9.17, 15) is 9.59 Å². The van der Waals surface area contributed by atoms with E-state index in [-0.39, 0.29) is 11.8 Å². The highest BCUT2D eigenvalue weighted by Crippen LogP contribution is 2.17. The van der Waals surface area contributed by atoms with Crippen LogP contribution in [0.25, 0.3) is 0 Å². The van der Waals surface area contributed by atoms with Gasteiger partial charge in [-0.25, -0.2) is 0 Å². The molecule has 0 atom stereocenters. The summed E-state index contributed by atoms with van der Waals surface area (Å²) >= 11 is 0. The van der Waals surface area contributed by atoms with E-state index in [0.29, 0.717) is 48.8 Å². The van der Waals surface area contributed by atoms with Crippen molar-refractivity contribution >= 4 is 23.2 Å². The van der Waals surface area contributed by atoms with Crippen molar-refractivity contribution in [1.82, 2.24) is 4.90 Å². The van der Waals surface area contributed by atoms with Crippen LogP contribution in [-0.4, -0.2) is 43.0 Å². The van der Waals surface area contributed by atoms with Crippen molar-refractivity contribution in [3.63, 3.8) is 0 Å². The largest absolute Gasteiger partial charge is 0.399 e. The van der Waals surface area contributed by atoms with Gasteiger partial charge in [-0.3, -0.25) is 9.59 Å². The summed E-state index contributed by atoms with van der Waals surface area (Å²) in [7, 11) is 0. The van der Waals surface area contributed by atoms with E-state index < -0.39 is 0 Å². The Morgan fingerprint density at radius 3 is 2.64 bits per heavy atom. The predicted octanol–water partition coefficient (Wildman–Crippen LogP) is 2.30. The van der Waals surface area contributed by atoms with Gasteiger partial charge in [-0.2, -0.15) is 0 Å². The Labute approximate surface area is 146 Å². The van der Waals surface area contributed by atoms with Crippen LogP contribution in [0, 0.1) is 6.92 Å². The summed E-state index contributed by atoms with van der Waals surface area (Å²) in [6.45, 7) is 4.12. The van der Waals surface area contributed by atoms with Gasteiger partial charge < -0.3 is 20.7 Å². The molecule has 1 aliphatic rings. The molecule has 0 bridgehead atoms. The second kappa shape index (κ2) is 7.36. The van der Waals surface area contributed by atoms with Crippen molar-refractivity contribution in [3.05, 3.63) is 59.2 Å². The van der Waals surface area contributed by atoms with Crippen LogP contribution < -0.4 is 11.1 Å². The molecule has 0 spiro atoms. The number of morpholine rings is 1. The van der Waals surface area contributed by atoms with Crippen molar-refractivity contribution in [2.24, 2.45) is 0 Å². The Hall–Kier alpha value is -2.86. The maximum absolute atomic E-state index is 12.5. The van der Waals surface area contributed by atoms with Gasteiger partial charge in [0.05, 0.1) is 13.2 Å². The molecule has 0 aromatic heterocycles. The number of ether oxygens (including phenoxy) is 1. The molecule has 0 unspecified atom stereocenters. The fourth-order valence-electron chi connectivity index (χ4n) is 2.76. The summed E-state index contributed by atoms with van der Waals surface area (Å²) < 4.78 is 5.27. The molecule has 130 valence electrons. The fourth-order valence-corrected chi connectivity index (χ4v) is 2.76. The van der Waals surface area contributed by atoms with Gasteiger partial charge in [-0.15, -0.1) is 0 Å². The topological polar surface area (TPSA) is 84.7 Å². The van der Waals surface area contributed by atoms with Gasteiger partial charge in [0.1, 0.15) is 0 Å². The number of amides is 2. The summed E-state index contributed by atoms with van der Waals surface area (Å²) in [5.41, 5.74) is 8.78. The third-order valence-electron chi connectivity index (χ3n) is 4.17. The first kappa shape index (κ1) is 17.0. The zero-order chi connectivity index (χ0) is 17.8. The molecule has 25 heavy (non-hydrogen) atoms. The number of nitrogen functional groups attached to an aromatic ring is 1. The van der Waals surface area contributed by atoms with Crippen molar-refractivity contribution in [2.75, 3.05) is 37.4 Å². The molecule has 3 N–H and O–H groups in total. The van der Waals surface area contributed by atoms with Crippen LogP contribution in [0.15, 0.2) is 42.5 Å². The zero-order valence-corrected chi connectivity index (χ0v) is 14.1. The summed E-state index contributed by atoms with van der Waals surface area (Å²) in [6.07, 6.45) is 0. The number of nitrogens with zero attached hydrogens (tertiary/aromatic N) is 1. The van der Waals surface area contributed by atoms with E-state index in [1.165, 1.54) is 0 Å². The molecule has 3 rings (SSSR count). The SMILES string of the molecule is Cc1ccc(N)cc1C(=O)Nc1cccc(C(=O)N2CCOCC2)c1. The van der Waals surface area contributed by atoms with Crippen LogP contribution in [0.3, 0.4) is 0 Å². The lowest BCUT2D eigenvalue weighted by Crippen LogP contribution is -2.40. The molecular formula is C19H21N3O3. The van der Waals surface area contributed by atoms with Gasteiger partial charge in [0, 0.05) is 35.6 Å². The average Bonchev–Trinajstić information content (AvgIpc) is 2.64. The van der Waals surface area contributed by atoms with E-state index in [1.807, 2.05) is 13.0 Å². The fraction of sp³-hybridized carbons (Fsp3) is 0.263. The molecule has 2 aromatic carbocycles. The smallest absolute Gasteiger partial charge is 0.256 e. The molecule has 0 radical (unpaired) electrons. The highest BCUT2D eigenvalue weighted by atomic mass is 16.5. The van der Waals surface area contributed by atoms with Crippen molar-refractivity contribution < 1.29 is 14.3 Å². The molecule has 1 fully saturated rings. The lowest BCUT2D eigenvalue weighted by atomic mass is 10.1. The first-order valence-electron chi connectivity index (χ1n) is 8.19. The lowest BCUT2D eigenvalue weighted by Gasteiger charge is -2.27. The number of anilines is 2.